The van der Waals surface area contributed by atoms with Gasteiger partial charge in [0.15, 0.2) is 0 Å². The van der Waals surface area contributed by atoms with E-state index in [1.807, 2.05) is 11.0 Å². The van der Waals surface area contributed by atoms with Crippen molar-refractivity contribution in [1.82, 2.24) is 15.2 Å². The number of pyridine rings is 1. The number of alkyl halides is 2. The molecule has 238 valence electrons. The first-order valence-corrected chi connectivity index (χ1v) is 14.9. The average Bonchev–Trinajstić information content (AvgIpc) is 3.84. The maximum Gasteiger partial charge on any atom is 0.252 e. The Morgan fingerprint density at radius 1 is 1.09 bits per heavy atom. The fourth-order valence-corrected chi connectivity index (χ4v) is 6.18. The number of nitrogens with zero attached hydrogens (tertiary/aromatic N) is 5. The summed E-state index contributed by atoms with van der Waals surface area (Å²) in [7, 11) is 0. The highest BCUT2D eigenvalue weighted by Crippen LogP contribution is 2.39. The number of carbonyl (C=O) groups excluding carboxylic acids is 3. The van der Waals surface area contributed by atoms with Crippen molar-refractivity contribution >= 4 is 29.2 Å². The van der Waals surface area contributed by atoms with Crippen LogP contribution in [0.15, 0.2) is 60.8 Å². The second-order valence-corrected chi connectivity index (χ2v) is 12.0. The maximum atomic E-state index is 15.0. The van der Waals surface area contributed by atoms with E-state index in [2.05, 4.69) is 10.3 Å². The fraction of sp³-hybridized carbons (Fsp3) is 0.364. The van der Waals surface area contributed by atoms with Gasteiger partial charge in [0, 0.05) is 43.7 Å². The third-order valence-electron chi connectivity index (χ3n) is 8.58. The number of hydrogen-bond acceptors (Lipinski definition) is 6. The van der Waals surface area contributed by atoms with Crippen molar-refractivity contribution in [2.45, 2.75) is 62.7 Å². The van der Waals surface area contributed by atoms with Gasteiger partial charge in [-0.1, -0.05) is 24.3 Å². The number of hydrogen-bond donors (Lipinski definition) is 1. The summed E-state index contributed by atoms with van der Waals surface area (Å²) >= 11 is 0. The zero-order valence-corrected chi connectivity index (χ0v) is 24.8. The van der Waals surface area contributed by atoms with Gasteiger partial charge in [-0.2, -0.15) is 5.26 Å². The van der Waals surface area contributed by atoms with Gasteiger partial charge in [-0.05, 0) is 55.2 Å². The van der Waals surface area contributed by atoms with Crippen molar-refractivity contribution in [1.29, 1.82) is 5.26 Å². The van der Waals surface area contributed by atoms with Crippen LogP contribution in [-0.4, -0.2) is 64.7 Å². The van der Waals surface area contributed by atoms with E-state index in [9.17, 15) is 37.2 Å². The second-order valence-electron chi connectivity index (χ2n) is 12.0. The number of carbonyl (C=O) groups is 3. The van der Waals surface area contributed by atoms with Gasteiger partial charge in [0.1, 0.15) is 29.5 Å². The van der Waals surface area contributed by atoms with Crippen LogP contribution in [0, 0.1) is 29.9 Å². The highest BCUT2D eigenvalue weighted by molar-refractivity contribution is 6.10. The Balaban J connectivity index is 1.49. The predicted octanol–water partition coefficient (Wildman–Crippen LogP) is 4.41. The number of rotatable bonds is 8. The zero-order valence-electron chi connectivity index (χ0n) is 24.8. The highest BCUT2D eigenvalue weighted by atomic mass is 19.3. The minimum atomic E-state index is -2.95. The Morgan fingerprint density at radius 2 is 1.78 bits per heavy atom. The van der Waals surface area contributed by atoms with Gasteiger partial charge in [0.05, 0.1) is 23.9 Å². The number of nitrogens with one attached hydrogen (secondary N) is 1. The number of nitriles is 1. The van der Waals surface area contributed by atoms with Gasteiger partial charge in [-0.3, -0.25) is 29.1 Å². The quantitative estimate of drug-likeness (QED) is 0.368. The smallest absolute Gasteiger partial charge is 0.252 e. The van der Waals surface area contributed by atoms with E-state index >= 15 is 0 Å². The molecule has 3 amide bonds. The van der Waals surface area contributed by atoms with Gasteiger partial charge in [-0.15, -0.1) is 0 Å². The maximum absolute atomic E-state index is 15.0. The Bertz CT molecular complexity index is 1710. The molecule has 2 saturated carbocycles. The van der Waals surface area contributed by atoms with Crippen LogP contribution in [0.25, 0.3) is 0 Å². The summed E-state index contributed by atoms with van der Waals surface area (Å²) in [4.78, 5) is 51.0. The fourth-order valence-electron chi connectivity index (χ4n) is 6.18. The number of benzene rings is 2. The van der Waals surface area contributed by atoms with Crippen molar-refractivity contribution in [3.8, 4) is 6.07 Å². The summed E-state index contributed by atoms with van der Waals surface area (Å²) < 4.78 is 57.1. The second kappa shape index (κ2) is 12.2. The minimum Gasteiger partial charge on any atom is -0.351 e. The normalized spacial score (nSPS) is 20.4. The molecule has 0 radical (unpaired) electrons. The summed E-state index contributed by atoms with van der Waals surface area (Å²) in [5.74, 6) is -7.13. The molecule has 13 heteroatoms. The van der Waals surface area contributed by atoms with Gasteiger partial charge in [0.25, 0.3) is 11.8 Å². The van der Waals surface area contributed by atoms with Crippen LogP contribution in [-0.2, 0) is 14.4 Å². The summed E-state index contributed by atoms with van der Waals surface area (Å²) in [6.07, 6.45) is 1.77. The molecular weight excluding hydrogens is 604 g/mol. The van der Waals surface area contributed by atoms with Crippen molar-refractivity contribution < 1.29 is 31.9 Å². The molecule has 46 heavy (non-hydrogen) atoms. The van der Waals surface area contributed by atoms with Crippen LogP contribution in [0.2, 0.25) is 0 Å². The van der Waals surface area contributed by atoms with Crippen molar-refractivity contribution in [2.75, 3.05) is 22.9 Å². The Kier molecular flexibility index (Phi) is 8.24. The zero-order chi connectivity index (χ0) is 32.7. The minimum absolute atomic E-state index is 0.0129. The Morgan fingerprint density at radius 3 is 2.41 bits per heavy atom. The molecule has 1 aromatic heterocycles. The predicted molar refractivity (Wildman–Crippen MR) is 159 cm³/mol. The van der Waals surface area contributed by atoms with Gasteiger partial charge >= 0.3 is 0 Å². The van der Waals surface area contributed by atoms with Crippen LogP contribution in [0.1, 0.15) is 48.4 Å². The van der Waals surface area contributed by atoms with Crippen LogP contribution in [0.5, 0.6) is 0 Å². The molecule has 0 spiro atoms. The van der Waals surface area contributed by atoms with E-state index in [4.69, 9.17) is 0 Å². The molecule has 6 rings (SSSR count). The van der Waals surface area contributed by atoms with E-state index < -0.39 is 66.2 Å². The number of aromatic nitrogens is 1. The van der Waals surface area contributed by atoms with Gasteiger partial charge < -0.3 is 5.32 Å². The monoisotopic (exact) mass is 634 g/mol. The van der Waals surface area contributed by atoms with E-state index in [1.165, 1.54) is 18.3 Å². The summed E-state index contributed by atoms with van der Waals surface area (Å²) in [5, 5.41) is 12.1. The topological polar surface area (TPSA) is 110 Å². The first kappa shape index (κ1) is 31.2. The van der Waals surface area contributed by atoms with Crippen LogP contribution >= 0.6 is 0 Å². The van der Waals surface area contributed by atoms with E-state index in [0.717, 1.165) is 34.8 Å². The third-order valence-corrected chi connectivity index (χ3v) is 8.58. The molecule has 2 heterocycles. The lowest BCUT2D eigenvalue weighted by atomic mass is 9.87. The van der Waals surface area contributed by atoms with Crippen LogP contribution < -0.4 is 15.1 Å². The van der Waals surface area contributed by atoms with E-state index in [1.54, 1.807) is 31.2 Å². The molecule has 9 nitrogen and oxygen atoms in total. The summed E-state index contributed by atoms with van der Waals surface area (Å²) in [5.41, 5.74) is 0.726. The Hall–Kier alpha value is -4.83. The number of aryl methyl sites for hydroxylation is 1. The lowest BCUT2D eigenvalue weighted by molar-refractivity contribution is -0.134. The molecule has 1 aliphatic heterocycles. The number of amides is 3. The molecule has 0 bridgehead atoms. The number of anilines is 2. The first-order valence-electron chi connectivity index (χ1n) is 14.9. The first-order chi connectivity index (χ1) is 21.9. The van der Waals surface area contributed by atoms with Crippen LogP contribution in [0.3, 0.4) is 0 Å². The number of halogens is 4. The third kappa shape index (κ3) is 6.30. The molecule has 2 aliphatic carbocycles. The molecule has 3 aliphatic rings. The molecule has 3 aromatic rings. The number of piperazine rings is 1. The van der Waals surface area contributed by atoms with Gasteiger partial charge in [0.2, 0.25) is 11.8 Å². The molecule has 2 aromatic carbocycles. The van der Waals surface area contributed by atoms with E-state index in [-0.39, 0.29) is 36.2 Å². The Labute approximate surface area is 262 Å². The van der Waals surface area contributed by atoms with Crippen LogP contribution in [0.4, 0.5) is 29.1 Å². The molecule has 2 atom stereocenters. The average molecular weight is 635 g/mol. The lowest BCUT2D eigenvalue weighted by Gasteiger charge is -2.43. The van der Waals surface area contributed by atoms with Crippen molar-refractivity contribution in [3.05, 3.63) is 89.1 Å². The standard InChI is InChI=1S/C33H30F4N6O3/c1-19-4-2-3-5-26(19)30(31(45)40-23-14-33(36,37)15-23)42(25-12-21(34)11-22(35)13-25)32(46)27-17-41(24-6-7-24)18-29(44)43(27)28-10-20(16-38)8-9-39-28/h2-5,8-13,23-24,27,30H,6-7,14-15,17-18H2,1H3,(H,40,45). The van der Waals surface area contributed by atoms with Crippen molar-refractivity contribution in [3.63, 3.8) is 0 Å². The molecule has 1 saturated heterocycles. The summed E-state index contributed by atoms with van der Waals surface area (Å²) in [6.45, 7) is 1.67. The van der Waals surface area contributed by atoms with Gasteiger partial charge in [-0.25, -0.2) is 22.5 Å². The highest BCUT2D eigenvalue weighted by Gasteiger charge is 2.49. The molecular formula is C33H30F4N6O3. The largest absolute Gasteiger partial charge is 0.351 e. The molecule has 3 fully saturated rings. The lowest BCUT2D eigenvalue weighted by Crippen LogP contribution is -2.64. The molecule has 1 N–H and O–H groups in total. The van der Waals surface area contributed by atoms with Crippen molar-refractivity contribution in [2.24, 2.45) is 0 Å². The molecule has 2 unspecified atom stereocenters. The SMILES string of the molecule is Cc1ccccc1C(C(=O)NC1CC(F)(F)C1)N(C(=O)C1CN(C2CC2)CC(=O)N1c1cc(C#N)ccn1)c1cc(F)cc(F)c1. The summed E-state index contributed by atoms with van der Waals surface area (Å²) in [6, 6.07) is 10.1. The van der Waals surface area contributed by atoms with E-state index in [0.29, 0.717) is 17.2 Å².